The predicted molar refractivity (Wildman–Crippen MR) is 144 cm³/mol. The molecule has 2 amide bonds. The smallest absolute Gasteiger partial charge is 0.319 e. The molecule has 1 aliphatic carbocycles. The first-order chi connectivity index (χ1) is 18.3. The van der Waals surface area contributed by atoms with E-state index in [9.17, 15) is 4.79 Å². The third-order valence-electron chi connectivity index (χ3n) is 7.91. The number of benzene rings is 1. The van der Waals surface area contributed by atoms with Crippen molar-refractivity contribution in [2.24, 2.45) is 0 Å². The number of piperidine rings is 1. The maximum absolute atomic E-state index is 12.5. The van der Waals surface area contributed by atoms with E-state index in [1.807, 2.05) is 17.7 Å². The monoisotopic (exact) mass is 521 g/mol. The van der Waals surface area contributed by atoms with Crippen LogP contribution in [0.5, 0.6) is 11.5 Å². The number of amides is 2. The summed E-state index contributed by atoms with van der Waals surface area (Å²) in [7, 11) is 4.30. The van der Waals surface area contributed by atoms with Gasteiger partial charge >= 0.3 is 6.03 Å². The first-order valence-corrected chi connectivity index (χ1v) is 13.2. The van der Waals surface area contributed by atoms with E-state index in [0.717, 1.165) is 50.9 Å². The second-order valence-electron chi connectivity index (χ2n) is 10.9. The maximum Gasteiger partial charge on any atom is 0.319 e. The van der Waals surface area contributed by atoms with Crippen molar-refractivity contribution in [3.8, 4) is 22.8 Å². The Kier molecular flexibility index (Phi) is 6.23. The van der Waals surface area contributed by atoms with Gasteiger partial charge in [0, 0.05) is 23.7 Å². The van der Waals surface area contributed by atoms with Crippen molar-refractivity contribution >= 4 is 28.6 Å². The lowest BCUT2D eigenvalue weighted by molar-refractivity contribution is 0.141. The SMILES string of the molecule is CN(C)C1CCN(CCn2nc(-c3ccc(NC(=O)NC4(C)CC4)c4c3OCO4)c3c(N)ncnc32)CC1. The van der Waals surface area contributed by atoms with Crippen LogP contribution in [0.4, 0.5) is 16.3 Å². The molecule has 1 saturated heterocycles. The summed E-state index contributed by atoms with van der Waals surface area (Å²) in [6, 6.07) is 4.04. The van der Waals surface area contributed by atoms with Crippen molar-refractivity contribution in [2.75, 3.05) is 51.6 Å². The highest BCUT2D eigenvalue weighted by molar-refractivity contribution is 6.01. The van der Waals surface area contributed by atoms with Gasteiger partial charge in [0.15, 0.2) is 17.1 Å². The molecule has 0 unspecified atom stereocenters. The third-order valence-corrected chi connectivity index (χ3v) is 7.91. The van der Waals surface area contributed by atoms with Gasteiger partial charge in [0.2, 0.25) is 6.79 Å². The molecule has 2 fully saturated rings. The second-order valence-corrected chi connectivity index (χ2v) is 10.9. The molecule has 2 aliphatic heterocycles. The molecule has 3 aliphatic rings. The largest absolute Gasteiger partial charge is 0.453 e. The molecule has 2 aromatic heterocycles. The number of hydrogen-bond acceptors (Lipinski definition) is 9. The Morgan fingerprint density at radius 3 is 2.66 bits per heavy atom. The summed E-state index contributed by atoms with van der Waals surface area (Å²) >= 11 is 0. The zero-order valence-electron chi connectivity index (χ0n) is 22.2. The summed E-state index contributed by atoms with van der Waals surface area (Å²) in [6.45, 7) is 5.75. The molecule has 0 radical (unpaired) electrons. The van der Waals surface area contributed by atoms with Crippen LogP contribution in [0.3, 0.4) is 0 Å². The minimum atomic E-state index is -0.266. The molecule has 0 atom stereocenters. The number of likely N-dealkylation sites (tertiary alicyclic amines) is 1. The average Bonchev–Trinajstić information content (AvgIpc) is 3.28. The minimum absolute atomic E-state index is 0.0495. The van der Waals surface area contributed by atoms with Crippen LogP contribution in [0.25, 0.3) is 22.3 Å². The highest BCUT2D eigenvalue weighted by Gasteiger charge is 2.39. The number of hydrogen-bond donors (Lipinski definition) is 3. The molecule has 12 nitrogen and oxygen atoms in total. The minimum Gasteiger partial charge on any atom is -0.453 e. The quantitative estimate of drug-likeness (QED) is 0.428. The predicted octanol–water partition coefficient (Wildman–Crippen LogP) is 2.50. The van der Waals surface area contributed by atoms with Gasteiger partial charge in [0.1, 0.15) is 17.8 Å². The fraction of sp³-hybridized carbons (Fsp3) is 0.538. The molecular weight excluding hydrogens is 486 g/mol. The van der Waals surface area contributed by atoms with Crippen LogP contribution in [0, 0.1) is 0 Å². The van der Waals surface area contributed by atoms with Gasteiger partial charge in [0.05, 0.1) is 17.6 Å². The number of rotatable bonds is 7. The fourth-order valence-electron chi connectivity index (χ4n) is 5.29. The van der Waals surface area contributed by atoms with Crippen LogP contribution < -0.4 is 25.8 Å². The molecule has 202 valence electrons. The molecular formula is C26H35N9O3. The van der Waals surface area contributed by atoms with Crippen molar-refractivity contribution in [2.45, 2.75) is 50.7 Å². The number of nitrogens with zero attached hydrogens (tertiary/aromatic N) is 6. The second kappa shape index (κ2) is 9.59. The van der Waals surface area contributed by atoms with Crippen molar-refractivity contribution < 1.29 is 14.3 Å². The summed E-state index contributed by atoms with van der Waals surface area (Å²) in [6.07, 6.45) is 5.75. The Balaban J connectivity index is 1.27. The highest BCUT2D eigenvalue weighted by Crippen LogP contribution is 2.47. The van der Waals surface area contributed by atoms with Crippen LogP contribution in [-0.2, 0) is 6.54 Å². The Hall–Kier alpha value is -3.64. The van der Waals surface area contributed by atoms with Gasteiger partial charge in [0.25, 0.3) is 0 Å². The van der Waals surface area contributed by atoms with E-state index in [2.05, 4.69) is 44.5 Å². The Bertz CT molecular complexity index is 1360. The van der Waals surface area contributed by atoms with E-state index in [0.29, 0.717) is 52.3 Å². The fourth-order valence-corrected chi connectivity index (χ4v) is 5.29. The van der Waals surface area contributed by atoms with Crippen molar-refractivity contribution in [1.82, 2.24) is 34.9 Å². The molecule has 3 aromatic rings. The lowest BCUT2D eigenvalue weighted by Crippen LogP contribution is -2.42. The average molecular weight is 522 g/mol. The molecule has 4 heterocycles. The zero-order chi connectivity index (χ0) is 26.4. The third kappa shape index (κ3) is 4.69. The topological polar surface area (TPSA) is 136 Å². The van der Waals surface area contributed by atoms with E-state index in [4.69, 9.17) is 20.3 Å². The van der Waals surface area contributed by atoms with Crippen LogP contribution in [0.15, 0.2) is 18.5 Å². The molecule has 6 rings (SSSR count). The number of nitrogens with one attached hydrogen (secondary N) is 2. The van der Waals surface area contributed by atoms with Crippen molar-refractivity contribution in [3.63, 3.8) is 0 Å². The van der Waals surface area contributed by atoms with E-state index in [1.165, 1.54) is 6.33 Å². The molecule has 1 aromatic carbocycles. The van der Waals surface area contributed by atoms with Crippen LogP contribution in [-0.4, -0.2) is 87.7 Å². The number of nitrogen functional groups attached to an aromatic ring is 1. The lowest BCUT2D eigenvalue weighted by Gasteiger charge is -2.35. The first kappa shape index (κ1) is 24.7. The molecule has 12 heteroatoms. The zero-order valence-corrected chi connectivity index (χ0v) is 22.2. The lowest BCUT2D eigenvalue weighted by atomic mass is 10.0. The number of carbonyl (C=O) groups is 1. The number of aromatic nitrogens is 4. The summed E-state index contributed by atoms with van der Waals surface area (Å²) in [5, 5.41) is 11.5. The molecule has 4 N–H and O–H groups in total. The Morgan fingerprint density at radius 2 is 1.92 bits per heavy atom. The number of carbonyl (C=O) groups excluding carboxylic acids is 1. The molecule has 0 spiro atoms. The Morgan fingerprint density at radius 1 is 1.16 bits per heavy atom. The van der Waals surface area contributed by atoms with Crippen molar-refractivity contribution in [1.29, 1.82) is 0 Å². The number of urea groups is 1. The summed E-state index contributed by atoms with van der Waals surface area (Å²) in [5.74, 6) is 1.34. The van der Waals surface area contributed by atoms with Crippen LogP contribution in [0.1, 0.15) is 32.6 Å². The van der Waals surface area contributed by atoms with Gasteiger partial charge in [-0.05, 0) is 71.9 Å². The van der Waals surface area contributed by atoms with Gasteiger partial charge < -0.3 is 35.6 Å². The standard InChI is InChI=1S/C26H35N9O3/c1-26(8-9-26)31-25(36)30-18-5-4-17(21-22(18)38-15-37-21)20-19-23(27)28-14-29-24(19)35(32-20)13-12-34-10-6-16(7-11-34)33(2)3/h4-5,14,16H,6-13,15H2,1-3H3,(H2,27,28,29)(H2,30,31,36). The van der Waals surface area contributed by atoms with E-state index in [1.54, 1.807) is 6.07 Å². The van der Waals surface area contributed by atoms with Crippen LogP contribution in [0.2, 0.25) is 0 Å². The first-order valence-electron chi connectivity index (χ1n) is 13.2. The van der Waals surface area contributed by atoms with Gasteiger partial charge in [-0.3, -0.25) is 0 Å². The van der Waals surface area contributed by atoms with Crippen molar-refractivity contribution in [3.05, 3.63) is 18.5 Å². The van der Waals surface area contributed by atoms with Gasteiger partial charge in [-0.2, -0.15) is 5.10 Å². The van der Waals surface area contributed by atoms with E-state index in [-0.39, 0.29) is 18.4 Å². The van der Waals surface area contributed by atoms with E-state index >= 15 is 0 Å². The normalized spacial score (nSPS) is 18.7. The molecule has 1 saturated carbocycles. The summed E-state index contributed by atoms with van der Waals surface area (Å²) in [5.41, 5.74) is 8.78. The van der Waals surface area contributed by atoms with E-state index < -0.39 is 0 Å². The Labute approximate surface area is 221 Å². The summed E-state index contributed by atoms with van der Waals surface area (Å²) < 4.78 is 13.5. The van der Waals surface area contributed by atoms with Gasteiger partial charge in [-0.1, -0.05) is 0 Å². The summed E-state index contributed by atoms with van der Waals surface area (Å²) in [4.78, 5) is 26.1. The number of fused-ring (bicyclic) bond motifs is 2. The maximum atomic E-state index is 12.5. The highest BCUT2D eigenvalue weighted by atomic mass is 16.7. The van der Waals surface area contributed by atoms with Gasteiger partial charge in [-0.25, -0.2) is 19.4 Å². The number of nitrogens with two attached hydrogens (primary N) is 1. The van der Waals surface area contributed by atoms with Crippen LogP contribution >= 0.6 is 0 Å². The number of anilines is 2. The molecule has 38 heavy (non-hydrogen) atoms. The number of ether oxygens (including phenoxy) is 2. The molecule has 0 bridgehead atoms. The van der Waals surface area contributed by atoms with Gasteiger partial charge in [-0.15, -0.1) is 0 Å².